The number of carbonyl (C=O) groups excluding carboxylic acids is 2. The summed E-state index contributed by atoms with van der Waals surface area (Å²) in [6.07, 6.45) is 7.27. The van der Waals surface area contributed by atoms with Gasteiger partial charge in [0.2, 0.25) is 0 Å². The summed E-state index contributed by atoms with van der Waals surface area (Å²) < 4.78 is 17.7. The largest absolute Gasteiger partial charge is 0.458 e. The standard InChI is InChI=1S/C30H36O6/c1-16(25-15-28(3)30(5,36-28)27(33)35-25)18-9-11-20-19(13-18)10-12-22-21(20)14-24(34-17(2)31)23-7-6-8-26(32)29(22,23)4/h6-9,11,13,16,21-22,24-25,27,33H,10,12,14-15H2,1-5H3/t16?,21-,22-,24-,25?,27+,28-,29+,30+/m0/s1. The van der Waals surface area contributed by atoms with Crippen molar-refractivity contribution in [1.82, 2.24) is 0 Å². The van der Waals surface area contributed by atoms with Crippen LogP contribution in [0.2, 0.25) is 0 Å². The molecule has 0 aromatic heterocycles. The molecule has 2 unspecified atom stereocenters. The number of aliphatic hydroxyl groups excluding tert-OH is 1. The highest BCUT2D eigenvalue weighted by Crippen LogP contribution is 2.59. The van der Waals surface area contributed by atoms with E-state index >= 15 is 0 Å². The first-order valence-electron chi connectivity index (χ1n) is 13.2. The molecule has 6 heteroatoms. The quantitative estimate of drug-likeness (QED) is 0.494. The lowest BCUT2D eigenvalue weighted by molar-refractivity contribution is -0.187. The second-order valence-electron chi connectivity index (χ2n) is 12.1. The van der Waals surface area contributed by atoms with Crippen LogP contribution in [0.3, 0.4) is 0 Å². The van der Waals surface area contributed by atoms with Crippen molar-refractivity contribution in [1.29, 1.82) is 0 Å². The molecule has 3 aliphatic carbocycles. The van der Waals surface area contributed by atoms with Crippen LogP contribution in [-0.2, 0) is 30.2 Å². The Bertz CT molecular complexity index is 1200. The number of ketones is 1. The zero-order chi connectivity index (χ0) is 25.6. The number of hydrogen-bond acceptors (Lipinski definition) is 6. The van der Waals surface area contributed by atoms with E-state index in [2.05, 4.69) is 32.0 Å². The van der Waals surface area contributed by atoms with Gasteiger partial charge in [-0.2, -0.15) is 0 Å². The number of carbonyl (C=O) groups is 2. The van der Waals surface area contributed by atoms with Crippen LogP contribution in [0.25, 0.3) is 0 Å². The van der Waals surface area contributed by atoms with Gasteiger partial charge in [0, 0.05) is 19.3 Å². The van der Waals surface area contributed by atoms with Gasteiger partial charge in [0.15, 0.2) is 12.1 Å². The van der Waals surface area contributed by atoms with Crippen LogP contribution in [0.4, 0.5) is 0 Å². The van der Waals surface area contributed by atoms with Crippen molar-refractivity contribution in [2.24, 2.45) is 11.3 Å². The molecular weight excluding hydrogens is 456 g/mol. The number of rotatable bonds is 3. The number of allylic oxidation sites excluding steroid dienone is 3. The van der Waals surface area contributed by atoms with Gasteiger partial charge in [-0.05, 0) is 80.2 Å². The minimum absolute atomic E-state index is 0.102. The first-order chi connectivity index (χ1) is 17.0. The van der Waals surface area contributed by atoms with Gasteiger partial charge in [-0.15, -0.1) is 0 Å². The number of esters is 1. The summed E-state index contributed by atoms with van der Waals surface area (Å²) in [5, 5.41) is 10.5. The van der Waals surface area contributed by atoms with Gasteiger partial charge in [0.1, 0.15) is 17.3 Å². The van der Waals surface area contributed by atoms with E-state index in [4.69, 9.17) is 14.2 Å². The summed E-state index contributed by atoms with van der Waals surface area (Å²) in [5.74, 6) is 0.211. The van der Waals surface area contributed by atoms with Crippen molar-refractivity contribution in [2.75, 3.05) is 0 Å². The lowest BCUT2D eigenvalue weighted by atomic mass is 9.52. The predicted octanol–water partition coefficient (Wildman–Crippen LogP) is 4.50. The minimum Gasteiger partial charge on any atom is -0.458 e. The molecule has 0 bridgehead atoms. The van der Waals surface area contributed by atoms with Crippen LogP contribution in [0.5, 0.6) is 0 Å². The highest BCUT2D eigenvalue weighted by Gasteiger charge is 2.71. The number of benzene rings is 1. The summed E-state index contributed by atoms with van der Waals surface area (Å²) in [7, 11) is 0. The van der Waals surface area contributed by atoms with Gasteiger partial charge < -0.3 is 19.3 Å². The molecule has 0 amide bonds. The first kappa shape index (κ1) is 24.1. The summed E-state index contributed by atoms with van der Waals surface area (Å²) in [5.41, 5.74) is 3.08. The maximum atomic E-state index is 13.3. The third kappa shape index (κ3) is 3.27. The van der Waals surface area contributed by atoms with Crippen molar-refractivity contribution >= 4 is 11.8 Å². The van der Waals surface area contributed by atoms with E-state index in [1.165, 1.54) is 23.6 Å². The molecule has 1 aromatic rings. The number of aryl methyl sites for hydroxylation is 1. The maximum absolute atomic E-state index is 13.3. The molecule has 9 atom stereocenters. The molecule has 5 aliphatic rings. The summed E-state index contributed by atoms with van der Waals surface area (Å²) >= 11 is 0. The van der Waals surface area contributed by atoms with Gasteiger partial charge >= 0.3 is 5.97 Å². The third-order valence-electron chi connectivity index (χ3n) is 10.2. The van der Waals surface area contributed by atoms with Crippen LogP contribution in [0.1, 0.15) is 82.4 Å². The molecular formula is C30H36O6. The van der Waals surface area contributed by atoms with Gasteiger partial charge in [0.25, 0.3) is 0 Å². The van der Waals surface area contributed by atoms with Crippen molar-refractivity contribution in [3.63, 3.8) is 0 Å². The lowest BCUT2D eigenvalue weighted by Gasteiger charge is -2.52. The Morgan fingerprint density at radius 1 is 1.25 bits per heavy atom. The number of ether oxygens (including phenoxy) is 3. The van der Waals surface area contributed by atoms with Crippen LogP contribution in [-0.4, -0.2) is 46.6 Å². The fraction of sp³-hybridized carbons (Fsp3) is 0.600. The molecule has 1 saturated carbocycles. The van der Waals surface area contributed by atoms with Gasteiger partial charge in [-0.1, -0.05) is 37.3 Å². The second-order valence-corrected chi connectivity index (χ2v) is 12.1. The van der Waals surface area contributed by atoms with Crippen molar-refractivity contribution in [2.45, 2.75) is 102 Å². The molecule has 2 aliphatic heterocycles. The SMILES string of the molecule is CC(=O)O[C@H]1C[C@H]2c3ccc(C(C)C4C[C@]5(C)O[C@]5(C)[C@H](O)O4)cc3CC[C@@H]2[C@@]2(C)C(=O)C=CC=C12. The monoisotopic (exact) mass is 492 g/mol. The third-order valence-corrected chi connectivity index (χ3v) is 10.2. The van der Waals surface area contributed by atoms with Crippen LogP contribution >= 0.6 is 0 Å². The first-order valence-corrected chi connectivity index (χ1v) is 13.2. The van der Waals surface area contributed by atoms with E-state index in [9.17, 15) is 14.7 Å². The van der Waals surface area contributed by atoms with Crippen LogP contribution < -0.4 is 0 Å². The summed E-state index contributed by atoms with van der Waals surface area (Å²) in [6, 6.07) is 6.67. The van der Waals surface area contributed by atoms with E-state index < -0.39 is 23.4 Å². The van der Waals surface area contributed by atoms with E-state index in [0.29, 0.717) is 6.42 Å². The molecule has 0 spiro atoms. The molecule has 36 heavy (non-hydrogen) atoms. The predicted molar refractivity (Wildman–Crippen MR) is 133 cm³/mol. The zero-order valence-electron chi connectivity index (χ0n) is 21.7. The van der Waals surface area contributed by atoms with E-state index in [-0.39, 0.29) is 41.2 Å². The van der Waals surface area contributed by atoms with E-state index in [0.717, 1.165) is 24.8 Å². The zero-order valence-corrected chi connectivity index (χ0v) is 21.7. The molecule has 6 rings (SSSR count). The molecule has 2 saturated heterocycles. The Morgan fingerprint density at radius 2 is 2.03 bits per heavy atom. The number of aliphatic hydroxyl groups is 1. The topological polar surface area (TPSA) is 85.4 Å². The van der Waals surface area contributed by atoms with Crippen molar-refractivity contribution < 1.29 is 28.9 Å². The Balaban J connectivity index is 1.30. The number of fused-ring (bicyclic) bond motifs is 6. The minimum atomic E-state index is -0.924. The second kappa shape index (κ2) is 7.86. The number of epoxide rings is 1. The summed E-state index contributed by atoms with van der Waals surface area (Å²) in [6.45, 7) is 9.60. The Morgan fingerprint density at radius 3 is 2.75 bits per heavy atom. The van der Waals surface area contributed by atoms with Gasteiger partial charge in [-0.3, -0.25) is 9.59 Å². The molecule has 3 fully saturated rings. The fourth-order valence-corrected chi connectivity index (χ4v) is 7.67. The van der Waals surface area contributed by atoms with Crippen LogP contribution in [0, 0.1) is 11.3 Å². The normalized spacial score (nSPS) is 43.3. The maximum Gasteiger partial charge on any atom is 0.303 e. The average Bonchev–Trinajstić information content (AvgIpc) is 3.41. The van der Waals surface area contributed by atoms with Gasteiger partial charge in [-0.25, -0.2) is 0 Å². The highest BCUT2D eigenvalue weighted by atomic mass is 16.7. The Labute approximate surface area is 212 Å². The van der Waals surface area contributed by atoms with Crippen molar-refractivity contribution in [3.8, 4) is 0 Å². The molecule has 0 radical (unpaired) electrons. The molecule has 1 N–H and O–H groups in total. The van der Waals surface area contributed by atoms with E-state index in [1.54, 1.807) is 12.2 Å². The molecule has 192 valence electrons. The van der Waals surface area contributed by atoms with Crippen LogP contribution in [0.15, 0.2) is 42.0 Å². The molecule has 2 heterocycles. The highest BCUT2D eigenvalue weighted by molar-refractivity contribution is 5.99. The molecule has 6 nitrogen and oxygen atoms in total. The Hall–Kier alpha value is -2.28. The summed E-state index contributed by atoms with van der Waals surface area (Å²) in [4.78, 5) is 25.2. The fourth-order valence-electron chi connectivity index (χ4n) is 7.67. The average molecular weight is 493 g/mol. The molecule has 1 aromatic carbocycles. The Kier molecular flexibility index (Phi) is 5.26. The van der Waals surface area contributed by atoms with Gasteiger partial charge in [0.05, 0.1) is 11.5 Å². The number of hydrogen-bond donors (Lipinski definition) is 1. The smallest absolute Gasteiger partial charge is 0.303 e. The van der Waals surface area contributed by atoms with Crippen molar-refractivity contribution in [3.05, 3.63) is 58.7 Å². The van der Waals surface area contributed by atoms with E-state index in [1.807, 2.05) is 19.9 Å². The lowest BCUT2D eigenvalue weighted by Crippen LogP contribution is -2.51.